The number of nitrogens with zero attached hydrogens (tertiary/aromatic N) is 1. The van der Waals surface area contributed by atoms with Gasteiger partial charge in [0, 0.05) is 12.1 Å². The Hall–Kier alpha value is -0.0800. The standard InChI is InChI=1S/C8H18N2/c1-8(2)7-10(3)6-4-5-9-8/h9H,4-7H2,1-3H3. The quantitative estimate of drug-likeness (QED) is 0.535. The van der Waals surface area contributed by atoms with E-state index in [9.17, 15) is 0 Å². The molecule has 0 bridgehead atoms. The summed E-state index contributed by atoms with van der Waals surface area (Å²) >= 11 is 0. The van der Waals surface area contributed by atoms with Crippen LogP contribution in [-0.2, 0) is 0 Å². The lowest BCUT2D eigenvalue weighted by Gasteiger charge is -2.27. The zero-order chi connectivity index (χ0) is 7.61. The molecule has 0 radical (unpaired) electrons. The van der Waals surface area contributed by atoms with Crippen molar-refractivity contribution in [3.63, 3.8) is 0 Å². The van der Waals surface area contributed by atoms with Gasteiger partial charge in [-0.25, -0.2) is 0 Å². The first-order valence-electron chi connectivity index (χ1n) is 4.04. The molecule has 0 amide bonds. The second kappa shape index (κ2) is 2.89. The van der Waals surface area contributed by atoms with Crippen LogP contribution in [-0.4, -0.2) is 37.1 Å². The van der Waals surface area contributed by atoms with Gasteiger partial charge in [-0.05, 0) is 40.4 Å². The van der Waals surface area contributed by atoms with Crippen molar-refractivity contribution < 1.29 is 0 Å². The molecule has 2 heteroatoms. The van der Waals surface area contributed by atoms with Crippen molar-refractivity contribution in [2.45, 2.75) is 25.8 Å². The van der Waals surface area contributed by atoms with Crippen LogP contribution < -0.4 is 5.32 Å². The second-order valence-corrected chi connectivity index (χ2v) is 3.90. The molecule has 1 rings (SSSR count). The third kappa shape index (κ3) is 2.27. The largest absolute Gasteiger partial charge is 0.310 e. The van der Waals surface area contributed by atoms with E-state index < -0.39 is 0 Å². The average molecular weight is 142 g/mol. The Balaban J connectivity index is 2.46. The summed E-state index contributed by atoms with van der Waals surface area (Å²) in [7, 11) is 2.19. The van der Waals surface area contributed by atoms with Gasteiger partial charge in [-0.2, -0.15) is 0 Å². The lowest BCUT2D eigenvalue weighted by Crippen LogP contribution is -2.45. The first-order valence-corrected chi connectivity index (χ1v) is 4.04. The first kappa shape index (κ1) is 8.02. The van der Waals surface area contributed by atoms with Gasteiger partial charge in [0.05, 0.1) is 0 Å². The third-order valence-electron chi connectivity index (χ3n) is 1.99. The Morgan fingerprint density at radius 3 is 2.80 bits per heavy atom. The molecule has 0 unspecified atom stereocenters. The van der Waals surface area contributed by atoms with Crippen molar-refractivity contribution in [1.29, 1.82) is 0 Å². The van der Waals surface area contributed by atoms with Crippen LogP contribution in [0.5, 0.6) is 0 Å². The SMILES string of the molecule is CN1CCCNC(C)(C)C1. The minimum Gasteiger partial charge on any atom is -0.310 e. The predicted octanol–water partition coefficient (Wildman–Crippen LogP) is 0.690. The van der Waals surface area contributed by atoms with Crippen LogP contribution in [0.15, 0.2) is 0 Å². The lowest BCUT2D eigenvalue weighted by atomic mass is 10.1. The summed E-state index contributed by atoms with van der Waals surface area (Å²) < 4.78 is 0. The summed E-state index contributed by atoms with van der Waals surface area (Å²) in [5, 5.41) is 3.51. The first-order chi connectivity index (χ1) is 4.60. The van der Waals surface area contributed by atoms with Crippen LogP contribution in [0.3, 0.4) is 0 Å². The van der Waals surface area contributed by atoms with E-state index in [1.165, 1.54) is 13.0 Å². The molecule has 0 aromatic heterocycles. The highest BCUT2D eigenvalue weighted by molar-refractivity contribution is 4.83. The zero-order valence-corrected chi connectivity index (χ0v) is 7.28. The molecule has 0 atom stereocenters. The summed E-state index contributed by atoms with van der Waals surface area (Å²) in [5.41, 5.74) is 0.311. The van der Waals surface area contributed by atoms with Crippen molar-refractivity contribution >= 4 is 0 Å². The van der Waals surface area contributed by atoms with Gasteiger partial charge in [0.25, 0.3) is 0 Å². The normalized spacial score (nSPS) is 27.9. The van der Waals surface area contributed by atoms with E-state index in [4.69, 9.17) is 0 Å². The van der Waals surface area contributed by atoms with Crippen molar-refractivity contribution in [3.8, 4) is 0 Å². The van der Waals surface area contributed by atoms with Crippen LogP contribution in [0.25, 0.3) is 0 Å². The van der Waals surface area contributed by atoms with Gasteiger partial charge >= 0.3 is 0 Å². The van der Waals surface area contributed by atoms with Gasteiger partial charge in [0.1, 0.15) is 0 Å². The van der Waals surface area contributed by atoms with Crippen LogP contribution in [0, 0.1) is 0 Å². The highest BCUT2D eigenvalue weighted by Gasteiger charge is 2.21. The molecule has 2 nitrogen and oxygen atoms in total. The fraction of sp³-hybridized carbons (Fsp3) is 1.00. The minimum absolute atomic E-state index is 0.311. The molecule has 1 aliphatic heterocycles. The maximum absolute atomic E-state index is 3.51. The number of hydrogen-bond donors (Lipinski definition) is 1. The van der Waals surface area contributed by atoms with Gasteiger partial charge < -0.3 is 10.2 Å². The van der Waals surface area contributed by atoms with E-state index in [1.807, 2.05) is 0 Å². The van der Waals surface area contributed by atoms with Gasteiger partial charge in [-0.1, -0.05) is 0 Å². The second-order valence-electron chi connectivity index (χ2n) is 3.90. The fourth-order valence-electron chi connectivity index (χ4n) is 1.59. The van der Waals surface area contributed by atoms with E-state index in [1.54, 1.807) is 0 Å². The maximum Gasteiger partial charge on any atom is 0.0252 e. The van der Waals surface area contributed by atoms with Gasteiger partial charge in [-0.3, -0.25) is 0 Å². The Bertz CT molecular complexity index is 110. The molecule has 0 saturated carbocycles. The molecule has 0 spiro atoms. The molecule has 1 aliphatic rings. The Morgan fingerprint density at radius 2 is 2.10 bits per heavy atom. The molecule has 0 aromatic carbocycles. The third-order valence-corrected chi connectivity index (χ3v) is 1.99. The monoisotopic (exact) mass is 142 g/mol. The smallest absolute Gasteiger partial charge is 0.0252 e. The molecule has 1 saturated heterocycles. The van der Waals surface area contributed by atoms with E-state index >= 15 is 0 Å². The molecule has 0 aliphatic carbocycles. The summed E-state index contributed by atoms with van der Waals surface area (Å²) in [6.07, 6.45) is 1.28. The molecule has 1 heterocycles. The van der Waals surface area contributed by atoms with E-state index in [2.05, 4.69) is 31.1 Å². The number of likely N-dealkylation sites (N-methyl/N-ethyl adjacent to an activating group) is 1. The van der Waals surface area contributed by atoms with E-state index in [0.717, 1.165) is 13.1 Å². The van der Waals surface area contributed by atoms with Crippen LogP contribution in [0.1, 0.15) is 20.3 Å². The highest BCUT2D eigenvalue weighted by atomic mass is 15.2. The van der Waals surface area contributed by atoms with Crippen molar-refractivity contribution in [2.75, 3.05) is 26.7 Å². The Morgan fingerprint density at radius 1 is 1.40 bits per heavy atom. The van der Waals surface area contributed by atoms with Crippen LogP contribution in [0.4, 0.5) is 0 Å². The molecule has 10 heavy (non-hydrogen) atoms. The van der Waals surface area contributed by atoms with Crippen molar-refractivity contribution in [2.24, 2.45) is 0 Å². The lowest BCUT2D eigenvalue weighted by molar-refractivity contribution is 0.273. The summed E-state index contributed by atoms with van der Waals surface area (Å²) in [5.74, 6) is 0. The Kier molecular flexibility index (Phi) is 2.32. The summed E-state index contributed by atoms with van der Waals surface area (Å²) in [4.78, 5) is 2.39. The van der Waals surface area contributed by atoms with Crippen LogP contribution in [0.2, 0.25) is 0 Å². The number of nitrogens with one attached hydrogen (secondary N) is 1. The number of rotatable bonds is 0. The van der Waals surface area contributed by atoms with E-state index in [-0.39, 0.29) is 0 Å². The van der Waals surface area contributed by atoms with Crippen molar-refractivity contribution in [3.05, 3.63) is 0 Å². The molecule has 1 N–H and O–H groups in total. The topological polar surface area (TPSA) is 15.3 Å². The summed E-state index contributed by atoms with van der Waals surface area (Å²) in [6, 6.07) is 0. The highest BCUT2D eigenvalue weighted by Crippen LogP contribution is 2.07. The fourth-order valence-corrected chi connectivity index (χ4v) is 1.59. The zero-order valence-electron chi connectivity index (χ0n) is 7.28. The van der Waals surface area contributed by atoms with Crippen molar-refractivity contribution in [1.82, 2.24) is 10.2 Å². The van der Waals surface area contributed by atoms with Gasteiger partial charge in [0.15, 0.2) is 0 Å². The predicted molar refractivity (Wildman–Crippen MR) is 44.2 cm³/mol. The van der Waals surface area contributed by atoms with Gasteiger partial charge in [0.2, 0.25) is 0 Å². The molecule has 0 aromatic rings. The van der Waals surface area contributed by atoms with E-state index in [0.29, 0.717) is 5.54 Å². The summed E-state index contributed by atoms with van der Waals surface area (Å²) in [6.45, 7) is 8.07. The maximum atomic E-state index is 3.51. The molecule has 60 valence electrons. The molecular weight excluding hydrogens is 124 g/mol. The van der Waals surface area contributed by atoms with Crippen LogP contribution >= 0.6 is 0 Å². The number of hydrogen-bond acceptors (Lipinski definition) is 2. The molecular formula is C8H18N2. The minimum atomic E-state index is 0.311. The van der Waals surface area contributed by atoms with Gasteiger partial charge in [-0.15, -0.1) is 0 Å². The average Bonchev–Trinajstić information content (AvgIpc) is 1.90. The Labute approximate surface area is 63.6 Å². The molecule has 1 fully saturated rings.